The molecule has 3 N–H and O–H groups in total. The smallest absolute Gasteiger partial charge is 0.327 e. The molecule has 0 fully saturated rings. The van der Waals surface area contributed by atoms with E-state index in [1.165, 1.54) is 38.2 Å². The van der Waals surface area contributed by atoms with E-state index >= 15 is 0 Å². The second kappa shape index (κ2) is 8.25. The third-order valence-electron chi connectivity index (χ3n) is 2.77. The molecule has 2 atom stereocenters. The molecular weight excluding hydrogens is 348 g/mol. The van der Waals surface area contributed by atoms with Crippen molar-refractivity contribution in [1.29, 1.82) is 0 Å². The Balaban J connectivity index is 2.88. The third kappa shape index (κ3) is 5.79. The Bertz CT molecular complexity index is 660. The first-order valence-electron chi connectivity index (χ1n) is 6.50. The summed E-state index contributed by atoms with van der Waals surface area (Å²) in [6.07, 6.45) is -1.37. The van der Waals surface area contributed by atoms with E-state index in [1.807, 2.05) is 4.72 Å². The van der Waals surface area contributed by atoms with E-state index in [0.717, 1.165) is 0 Å². The van der Waals surface area contributed by atoms with Crippen LogP contribution in [0.4, 0.5) is 0 Å². The zero-order valence-electron chi connectivity index (χ0n) is 12.4. The Kier molecular flexibility index (Phi) is 6.95. The Morgan fingerprint density at radius 3 is 2.35 bits per heavy atom. The van der Waals surface area contributed by atoms with E-state index in [9.17, 15) is 23.1 Å². The van der Waals surface area contributed by atoms with Crippen molar-refractivity contribution in [3.63, 3.8) is 0 Å². The van der Waals surface area contributed by atoms with Crippen molar-refractivity contribution >= 4 is 33.5 Å². The highest BCUT2D eigenvalue weighted by Crippen LogP contribution is 2.15. The predicted octanol–water partition coefficient (Wildman–Crippen LogP) is -0.343. The molecule has 0 saturated heterocycles. The largest absolute Gasteiger partial charge is 0.454 e. The molecule has 1 aromatic carbocycles. The average Bonchev–Trinajstić information content (AvgIpc) is 2.50. The molecule has 0 saturated carbocycles. The van der Waals surface area contributed by atoms with Gasteiger partial charge in [0.1, 0.15) is 6.04 Å². The van der Waals surface area contributed by atoms with Gasteiger partial charge < -0.3 is 15.2 Å². The van der Waals surface area contributed by atoms with Crippen LogP contribution >= 0.6 is 11.6 Å². The van der Waals surface area contributed by atoms with Gasteiger partial charge in [-0.3, -0.25) is 9.59 Å². The standard InChI is InChI=1S/C13H17ClN2O6S/c1-8(17)12(13(19)22-7-11(18)15-2)16-23(20,21)10-5-3-9(14)4-6-10/h3-6,8,12,16-17H,7H2,1-2H3,(H,15,18)/t8-,12-/m0/s1. The first-order valence-corrected chi connectivity index (χ1v) is 8.36. The second-order valence-electron chi connectivity index (χ2n) is 4.57. The van der Waals surface area contributed by atoms with Gasteiger partial charge in [0, 0.05) is 12.1 Å². The molecule has 0 heterocycles. The van der Waals surface area contributed by atoms with Gasteiger partial charge in [-0.1, -0.05) is 11.6 Å². The van der Waals surface area contributed by atoms with Crippen LogP contribution in [0.1, 0.15) is 6.92 Å². The quantitative estimate of drug-likeness (QED) is 0.569. The minimum absolute atomic E-state index is 0.133. The number of hydrogen-bond acceptors (Lipinski definition) is 6. The van der Waals surface area contributed by atoms with Crippen molar-refractivity contribution in [2.75, 3.05) is 13.7 Å². The zero-order chi connectivity index (χ0) is 17.6. The topological polar surface area (TPSA) is 122 Å². The van der Waals surface area contributed by atoms with Gasteiger partial charge in [-0.05, 0) is 31.2 Å². The van der Waals surface area contributed by atoms with Crippen LogP contribution in [-0.4, -0.2) is 51.2 Å². The monoisotopic (exact) mass is 364 g/mol. The third-order valence-corrected chi connectivity index (χ3v) is 4.48. The van der Waals surface area contributed by atoms with E-state index in [-0.39, 0.29) is 4.90 Å². The number of likely N-dealkylation sites (N-methyl/N-ethyl adjacent to an activating group) is 1. The maximum Gasteiger partial charge on any atom is 0.327 e. The fraction of sp³-hybridized carbons (Fsp3) is 0.385. The highest BCUT2D eigenvalue weighted by Gasteiger charge is 2.31. The molecule has 0 spiro atoms. The van der Waals surface area contributed by atoms with Crippen molar-refractivity contribution in [2.24, 2.45) is 0 Å². The maximum absolute atomic E-state index is 12.2. The number of halogens is 1. The van der Waals surface area contributed by atoms with E-state index in [4.69, 9.17) is 11.6 Å². The first-order chi connectivity index (χ1) is 10.7. The molecule has 0 aliphatic heterocycles. The lowest BCUT2D eigenvalue weighted by atomic mass is 10.2. The van der Waals surface area contributed by atoms with Gasteiger partial charge >= 0.3 is 5.97 Å². The van der Waals surface area contributed by atoms with E-state index in [1.54, 1.807) is 0 Å². The van der Waals surface area contributed by atoms with E-state index in [0.29, 0.717) is 5.02 Å². The van der Waals surface area contributed by atoms with Crippen LogP contribution in [0.25, 0.3) is 0 Å². The summed E-state index contributed by atoms with van der Waals surface area (Å²) in [5.74, 6) is -1.63. The highest BCUT2D eigenvalue weighted by atomic mass is 35.5. The van der Waals surface area contributed by atoms with Crippen LogP contribution in [0.5, 0.6) is 0 Å². The molecule has 0 aromatic heterocycles. The van der Waals surface area contributed by atoms with Crippen LogP contribution in [-0.2, 0) is 24.3 Å². The maximum atomic E-state index is 12.2. The minimum Gasteiger partial charge on any atom is -0.454 e. The summed E-state index contributed by atoms with van der Waals surface area (Å²) in [4.78, 5) is 22.8. The molecule has 1 rings (SSSR count). The number of sulfonamides is 1. The van der Waals surface area contributed by atoms with Gasteiger partial charge in [0.25, 0.3) is 5.91 Å². The molecule has 1 aromatic rings. The lowest BCUT2D eigenvalue weighted by Gasteiger charge is -2.19. The number of esters is 1. The number of rotatable bonds is 7. The summed E-state index contributed by atoms with van der Waals surface area (Å²) >= 11 is 5.69. The summed E-state index contributed by atoms with van der Waals surface area (Å²) in [5, 5.41) is 12.2. The summed E-state index contributed by atoms with van der Waals surface area (Å²) < 4.78 is 31.1. The minimum atomic E-state index is -4.08. The molecule has 8 nitrogen and oxygen atoms in total. The van der Waals surface area contributed by atoms with E-state index < -0.39 is 40.7 Å². The summed E-state index contributed by atoms with van der Waals surface area (Å²) in [6, 6.07) is 3.69. The fourth-order valence-electron chi connectivity index (χ4n) is 1.49. The Morgan fingerprint density at radius 2 is 1.87 bits per heavy atom. The van der Waals surface area contributed by atoms with Crippen LogP contribution < -0.4 is 10.0 Å². The Morgan fingerprint density at radius 1 is 1.30 bits per heavy atom. The van der Waals surface area contributed by atoms with Gasteiger partial charge in [-0.25, -0.2) is 8.42 Å². The lowest BCUT2D eigenvalue weighted by Crippen LogP contribution is -2.49. The van der Waals surface area contributed by atoms with Gasteiger partial charge in [-0.15, -0.1) is 0 Å². The predicted molar refractivity (Wildman–Crippen MR) is 82.3 cm³/mol. The summed E-state index contributed by atoms with van der Waals surface area (Å²) in [6.45, 7) is 0.636. The number of nitrogens with one attached hydrogen (secondary N) is 2. The number of aliphatic hydroxyl groups excluding tert-OH is 1. The Labute approximate surface area is 138 Å². The molecule has 0 unspecified atom stereocenters. The molecule has 10 heteroatoms. The van der Waals surface area contributed by atoms with Crippen LogP contribution in [0.15, 0.2) is 29.2 Å². The summed E-state index contributed by atoms with van der Waals surface area (Å²) in [7, 11) is -2.73. The number of hydrogen-bond donors (Lipinski definition) is 3. The summed E-state index contributed by atoms with van der Waals surface area (Å²) in [5.41, 5.74) is 0. The van der Waals surface area contributed by atoms with Crippen molar-refractivity contribution in [1.82, 2.24) is 10.0 Å². The molecule has 0 aliphatic carbocycles. The molecule has 1 amide bonds. The van der Waals surface area contributed by atoms with Gasteiger partial charge in [0.15, 0.2) is 6.61 Å². The highest BCUT2D eigenvalue weighted by molar-refractivity contribution is 7.89. The van der Waals surface area contributed by atoms with Crippen molar-refractivity contribution in [3.8, 4) is 0 Å². The molecular formula is C13H17ClN2O6S. The zero-order valence-corrected chi connectivity index (χ0v) is 14.0. The Hall–Kier alpha value is -1.68. The number of carbonyl (C=O) groups excluding carboxylic acids is 2. The van der Waals surface area contributed by atoms with Crippen LogP contribution in [0.3, 0.4) is 0 Å². The van der Waals surface area contributed by atoms with Gasteiger partial charge in [0.05, 0.1) is 11.0 Å². The number of aliphatic hydroxyl groups is 1. The SMILES string of the molecule is CNC(=O)COC(=O)[C@@H](NS(=O)(=O)c1ccc(Cl)cc1)[C@H](C)O. The molecule has 23 heavy (non-hydrogen) atoms. The molecule has 0 bridgehead atoms. The molecule has 0 radical (unpaired) electrons. The van der Waals surface area contributed by atoms with Crippen molar-refractivity contribution in [3.05, 3.63) is 29.3 Å². The normalized spacial score (nSPS) is 13.9. The number of carbonyl (C=O) groups is 2. The lowest BCUT2D eigenvalue weighted by molar-refractivity contribution is -0.152. The number of benzene rings is 1. The van der Waals surface area contributed by atoms with Gasteiger partial charge in [-0.2, -0.15) is 4.72 Å². The molecule has 128 valence electrons. The number of ether oxygens (including phenoxy) is 1. The van der Waals surface area contributed by atoms with Crippen molar-refractivity contribution in [2.45, 2.75) is 24.0 Å². The van der Waals surface area contributed by atoms with Gasteiger partial charge in [0.2, 0.25) is 10.0 Å². The van der Waals surface area contributed by atoms with Crippen LogP contribution in [0, 0.1) is 0 Å². The van der Waals surface area contributed by atoms with Crippen molar-refractivity contribution < 1.29 is 27.9 Å². The van der Waals surface area contributed by atoms with E-state index in [2.05, 4.69) is 10.1 Å². The van der Waals surface area contributed by atoms with Crippen LogP contribution in [0.2, 0.25) is 5.02 Å². The average molecular weight is 365 g/mol. The number of amides is 1. The first kappa shape index (κ1) is 19.4. The molecule has 0 aliphatic rings. The second-order valence-corrected chi connectivity index (χ2v) is 6.72. The fourth-order valence-corrected chi connectivity index (χ4v) is 2.88.